The summed E-state index contributed by atoms with van der Waals surface area (Å²) in [4.78, 5) is 0. The van der Waals surface area contributed by atoms with Gasteiger partial charge in [-0.1, -0.05) is 13.0 Å². The normalized spacial score (nSPS) is 12.8. The number of methoxy groups -OCH3 is 2. The molecule has 0 aliphatic carbocycles. The number of hydrogen-bond acceptors (Lipinski definition) is 5. The molecule has 0 amide bonds. The van der Waals surface area contributed by atoms with Gasteiger partial charge in [0.05, 0.1) is 26.6 Å². The Morgan fingerprint density at radius 2 is 1.75 bits per heavy atom. The largest absolute Gasteiger partial charge is 0.493 e. The third kappa shape index (κ3) is 5.09. The van der Waals surface area contributed by atoms with Gasteiger partial charge in [0.15, 0.2) is 11.5 Å². The van der Waals surface area contributed by atoms with Gasteiger partial charge in [0.1, 0.15) is 0 Å². The molecule has 1 aromatic carbocycles. The molecule has 0 aromatic heterocycles. The first-order valence-corrected chi connectivity index (χ1v) is 8.65. The van der Waals surface area contributed by atoms with Crippen LogP contribution >= 0.6 is 10.7 Å². The van der Waals surface area contributed by atoms with Crippen LogP contribution in [0.2, 0.25) is 0 Å². The van der Waals surface area contributed by atoms with E-state index in [1.807, 2.05) is 6.92 Å². The highest BCUT2D eigenvalue weighted by Gasteiger charge is 2.18. The molecule has 0 N–H and O–H groups in total. The van der Waals surface area contributed by atoms with Crippen molar-refractivity contribution in [1.82, 2.24) is 0 Å². The van der Waals surface area contributed by atoms with E-state index >= 15 is 0 Å². The number of ether oxygens (including phenoxy) is 3. The molecule has 1 atom stereocenters. The molecule has 0 saturated heterocycles. The lowest BCUT2D eigenvalue weighted by atomic mass is 10.1. The summed E-state index contributed by atoms with van der Waals surface area (Å²) < 4.78 is 38.3. The van der Waals surface area contributed by atoms with E-state index < -0.39 is 9.05 Å². The number of benzene rings is 1. The van der Waals surface area contributed by atoms with Crippen LogP contribution in [0.1, 0.15) is 13.3 Å². The smallest absolute Gasteiger partial charge is 0.232 e. The predicted molar refractivity (Wildman–Crippen MR) is 78.5 cm³/mol. The molecule has 5 nitrogen and oxygen atoms in total. The van der Waals surface area contributed by atoms with Gasteiger partial charge in [-0.15, -0.1) is 0 Å². The van der Waals surface area contributed by atoms with Crippen molar-refractivity contribution in [3.8, 4) is 17.2 Å². The first-order chi connectivity index (χ1) is 9.41. The summed E-state index contributed by atoms with van der Waals surface area (Å²) in [5.74, 6) is 1.22. The Labute approximate surface area is 124 Å². The topological polar surface area (TPSA) is 61.8 Å². The van der Waals surface area contributed by atoms with Crippen molar-refractivity contribution in [2.45, 2.75) is 13.3 Å². The second-order valence-corrected chi connectivity index (χ2v) is 7.10. The van der Waals surface area contributed by atoms with Crippen LogP contribution in [0.25, 0.3) is 0 Å². The number of para-hydroxylation sites is 1. The minimum absolute atomic E-state index is 0.122. The summed E-state index contributed by atoms with van der Waals surface area (Å²) in [6, 6.07) is 5.28. The minimum atomic E-state index is -3.54. The van der Waals surface area contributed by atoms with E-state index in [0.717, 1.165) is 0 Å². The Hall–Kier alpha value is -1.14. The van der Waals surface area contributed by atoms with Gasteiger partial charge < -0.3 is 14.2 Å². The maximum Gasteiger partial charge on any atom is 0.232 e. The first-order valence-electron chi connectivity index (χ1n) is 6.17. The van der Waals surface area contributed by atoms with Gasteiger partial charge in [-0.25, -0.2) is 8.42 Å². The van der Waals surface area contributed by atoms with Crippen LogP contribution in [0, 0.1) is 5.92 Å². The van der Waals surface area contributed by atoms with Crippen molar-refractivity contribution in [3.05, 3.63) is 18.2 Å². The molecule has 20 heavy (non-hydrogen) atoms. The van der Waals surface area contributed by atoms with Crippen LogP contribution in [-0.4, -0.2) is 35.0 Å². The van der Waals surface area contributed by atoms with Gasteiger partial charge in [0, 0.05) is 16.6 Å². The summed E-state index contributed by atoms with van der Waals surface area (Å²) in [6.07, 6.45) is 0.642. The number of halogens is 1. The lowest BCUT2D eigenvalue weighted by molar-refractivity contribution is 0.234. The van der Waals surface area contributed by atoms with Crippen molar-refractivity contribution >= 4 is 19.7 Å². The summed E-state index contributed by atoms with van der Waals surface area (Å²) in [5, 5.41) is 0. The van der Waals surface area contributed by atoms with Crippen LogP contribution in [0.5, 0.6) is 17.2 Å². The summed E-state index contributed by atoms with van der Waals surface area (Å²) >= 11 is 0. The van der Waals surface area contributed by atoms with Crippen LogP contribution in [0.3, 0.4) is 0 Å². The molecule has 0 radical (unpaired) electrons. The Bertz CT molecular complexity index is 507. The summed E-state index contributed by atoms with van der Waals surface area (Å²) in [5.41, 5.74) is 0. The maximum atomic E-state index is 11.1. The van der Waals surface area contributed by atoms with Crippen molar-refractivity contribution < 1.29 is 22.6 Å². The molecule has 0 heterocycles. The maximum absolute atomic E-state index is 11.1. The molecular weight excluding hydrogens is 304 g/mol. The van der Waals surface area contributed by atoms with Gasteiger partial charge in [-0.05, 0) is 18.6 Å². The summed E-state index contributed by atoms with van der Waals surface area (Å²) in [7, 11) is 4.79. The molecule has 0 bridgehead atoms. The second-order valence-electron chi connectivity index (χ2n) is 4.28. The highest BCUT2D eigenvalue weighted by Crippen LogP contribution is 2.37. The number of rotatable bonds is 8. The molecular formula is C13H19ClO5S. The van der Waals surface area contributed by atoms with Crippen molar-refractivity contribution in [1.29, 1.82) is 0 Å². The monoisotopic (exact) mass is 322 g/mol. The fraction of sp³-hybridized carbons (Fsp3) is 0.538. The molecule has 0 aliphatic rings. The van der Waals surface area contributed by atoms with Crippen molar-refractivity contribution in [2.75, 3.05) is 26.6 Å². The van der Waals surface area contributed by atoms with E-state index in [1.165, 1.54) is 14.2 Å². The third-order valence-corrected chi connectivity index (χ3v) is 4.11. The highest BCUT2D eigenvalue weighted by atomic mass is 35.7. The molecule has 1 aromatic rings. The standard InChI is InChI=1S/C13H19ClO5S/c1-4-10(9-20(14,15)16)8-19-13-11(17-2)6-5-7-12(13)18-3/h5-7,10H,4,8-9H2,1-3H3. The van der Waals surface area contributed by atoms with Crippen LogP contribution in [0.4, 0.5) is 0 Å². The molecule has 114 valence electrons. The van der Waals surface area contributed by atoms with Gasteiger partial charge in [0.25, 0.3) is 0 Å². The third-order valence-electron chi connectivity index (χ3n) is 2.86. The molecule has 0 aliphatic heterocycles. The molecule has 1 rings (SSSR count). The average Bonchev–Trinajstić information content (AvgIpc) is 2.41. The number of hydrogen-bond donors (Lipinski definition) is 0. The van der Waals surface area contributed by atoms with Gasteiger partial charge in [-0.2, -0.15) is 0 Å². The van der Waals surface area contributed by atoms with Crippen LogP contribution < -0.4 is 14.2 Å². The zero-order valence-corrected chi connectivity index (χ0v) is 13.3. The van der Waals surface area contributed by atoms with Crippen molar-refractivity contribution in [3.63, 3.8) is 0 Å². The highest BCUT2D eigenvalue weighted by molar-refractivity contribution is 8.13. The fourth-order valence-corrected chi connectivity index (χ4v) is 3.16. The molecule has 0 fully saturated rings. The summed E-state index contributed by atoms with van der Waals surface area (Å²) in [6.45, 7) is 2.11. The van der Waals surface area contributed by atoms with E-state index in [9.17, 15) is 8.42 Å². The Morgan fingerprint density at radius 1 is 1.20 bits per heavy atom. The Kier molecular flexibility index (Phi) is 6.42. The Balaban J connectivity index is 2.82. The lowest BCUT2D eigenvalue weighted by Crippen LogP contribution is -2.19. The molecule has 0 saturated carbocycles. The predicted octanol–water partition coefficient (Wildman–Crippen LogP) is 2.68. The van der Waals surface area contributed by atoms with E-state index in [1.54, 1.807) is 18.2 Å². The molecule has 1 unspecified atom stereocenters. The quantitative estimate of drug-likeness (QED) is 0.689. The van der Waals surface area contributed by atoms with E-state index in [2.05, 4.69) is 0 Å². The second kappa shape index (κ2) is 7.59. The zero-order valence-electron chi connectivity index (χ0n) is 11.8. The minimum Gasteiger partial charge on any atom is -0.493 e. The van der Waals surface area contributed by atoms with Crippen molar-refractivity contribution in [2.24, 2.45) is 5.92 Å². The van der Waals surface area contributed by atoms with E-state index in [4.69, 9.17) is 24.9 Å². The van der Waals surface area contributed by atoms with E-state index in [-0.39, 0.29) is 18.3 Å². The zero-order chi connectivity index (χ0) is 15.2. The van der Waals surface area contributed by atoms with E-state index in [0.29, 0.717) is 23.7 Å². The first kappa shape index (κ1) is 16.9. The Morgan fingerprint density at radius 3 is 2.15 bits per heavy atom. The fourth-order valence-electron chi connectivity index (χ4n) is 1.73. The van der Waals surface area contributed by atoms with Gasteiger partial charge in [-0.3, -0.25) is 0 Å². The molecule has 0 spiro atoms. The van der Waals surface area contributed by atoms with Crippen LogP contribution in [0.15, 0.2) is 18.2 Å². The van der Waals surface area contributed by atoms with Gasteiger partial charge >= 0.3 is 0 Å². The SMILES string of the molecule is CCC(COc1c(OC)cccc1OC)CS(=O)(=O)Cl. The van der Waals surface area contributed by atoms with Crippen LogP contribution in [-0.2, 0) is 9.05 Å². The van der Waals surface area contributed by atoms with Gasteiger partial charge in [0.2, 0.25) is 14.8 Å². The lowest BCUT2D eigenvalue weighted by Gasteiger charge is -2.18. The average molecular weight is 323 g/mol. The molecule has 7 heteroatoms.